The van der Waals surface area contributed by atoms with Gasteiger partial charge in [-0.05, 0) is 84.1 Å². The topological polar surface area (TPSA) is 192 Å². The summed E-state index contributed by atoms with van der Waals surface area (Å²) in [6.45, 7) is 9.04. The number of halogens is 1. The molecule has 5 aromatic rings. The fraction of sp³-hybridized carbons (Fsp3) is 0.300. The molecule has 1 unspecified atom stereocenters. The van der Waals surface area contributed by atoms with E-state index in [-0.39, 0.29) is 24.0 Å². The monoisotopic (exact) mass is 866 g/mol. The zero-order valence-corrected chi connectivity index (χ0v) is 34.7. The Morgan fingerprint density at radius 2 is 1.67 bits per heavy atom. The SMILES string of the molecule is COc1cc(N2CCN(Cc3ccc4c(c3)C(=O)N(C3CCC(=O)NC3=O)C4=O)CC2)c(C)cc1Nc1ncc(Br)c(Nc2ccc3nccnc3c2P(C)(C)=O)n1. The highest BCUT2D eigenvalue weighted by molar-refractivity contribution is 9.10. The molecule has 2 aromatic heterocycles. The van der Waals surface area contributed by atoms with Crippen LogP contribution in [0.2, 0.25) is 0 Å². The van der Waals surface area contributed by atoms with Crippen molar-refractivity contribution in [3.63, 3.8) is 0 Å². The van der Waals surface area contributed by atoms with Crippen molar-refractivity contribution in [2.24, 2.45) is 0 Å². The van der Waals surface area contributed by atoms with Crippen LogP contribution in [0.3, 0.4) is 0 Å². The van der Waals surface area contributed by atoms with Crippen molar-refractivity contribution >= 4 is 91.9 Å². The first kappa shape index (κ1) is 39.1. The number of hydrogen-bond donors (Lipinski definition) is 3. The molecule has 4 amide bonds. The van der Waals surface area contributed by atoms with E-state index in [0.717, 1.165) is 47.9 Å². The Hall–Kier alpha value is -5.77. The van der Waals surface area contributed by atoms with Crippen LogP contribution in [0.15, 0.2) is 65.5 Å². The molecule has 0 saturated carbocycles. The van der Waals surface area contributed by atoms with Gasteiger partial charge in [0.2, 0.25) is 17.8 Å². The summed E-state index contributed by atoms with van der Waals surface area (Å²) in [5, 5.41) is 9.47. The standard InChI is InChI=1S/C40H40BrN10O6P/c1-22-17-29(46-40-44-20-26(41)36(48-40)45-28-8-7-27-34(43-12-11-42-27)35(28)58(3,4)56)32(57-2)19-31(22)50-15-13-49(14-16-50)21-23-5-6-24-25(18-23)39(55)51(38(24)54)30-9-10-33(52)47-37(30)53/h5-8,11-12,17-20,30H,9-10,13-16,21H2,1-4H3,(H,47,52,53)(H2,44,45,46,48). The molecule has 3 aliphatic heterocycles. The van der Waals surface area contributed by atoms with Gasteiger partial charge in [0.1, 0.15) is 30.3 Å². The van der Waals surface area contributed by atoms with Gasteiger partial charge in [0.25, 0.3) is 11.8 Å². The maximum Gasteiger partial charge on any atom is 0.262 e. The van der Waals surface area contributed by atoms with Gasteiger partial charge in [-0.25, -0.2) is 4.98 Å². The third kappa shape index (κ3) is 7.52. The van der Waals surface area contributed by atoms with Crippen LogP contribution in [0.4, 0.5) is 28.8 Å². The number of aryl methyl sites for hydroxylation is 1. The molecule has 0 aliphatic carbocycles. The molecule has 1 atom stereocenters. The molecular formula is C40H40BrN10O6P. The Labute approximate surface area is 342 Å². The lowest BCUT2D eigenvalue weighted by molar-refractivity contribution is -0.136. The Balaban J connectivity index is 0.935. The van der Waals surface area contributed by atoms with Gasteiger partial charge in [0.05, 0.1) is 44.9 Å². The average molecular weight is 868 g/mol. The first-order chi connectivity index (χ1) is 27.8. The van der Waals surface area contributed by atoms with E-state index in [2.05, 4.69) is 56.6 Å². The first-order valence-corrected chi connectivity index (χ1v) is 22.0. The molecule has 0 bridgehead atoms. The minimum absolute atomic E-state index is 0.0744. The number of methoxy groups -OCH3 is 1. The Morgan fingerprint density at radius 1 is 0.914 bits per heavy atom. The fourth-order valence-electron chi connectivity index (χ4n) is 7.74. The van der Waals surface area contributed by atoms with Crippen LogP contribution in [0.25, 0.3) is 11.0 Å². The summed E-state index contributed by atoms with van der Waals surface area (Å²) < 4.78 is 19.9. The molecule has 5 heterocycles. The van der Waals surface area contributed by atoms with E-state index >= 15 is 0 Å². The Kier molecular flexibility index (Phi) is 10.5. The maximum atomic E-state index is 13.5. The zero-order valence-electron chi connectivity index (χ0n) is 32.2. The molecule has 8 rings (SSSR count). The highest BCUT2D eigenvalue weighted by Crippen LogP contribution is 2.42. The molecule has 3 N–H and O–H groups in total. The van der Waals surface area contributed by atoms with Crippen LogP contribution in [-0.4, -0.2) is 106 Å². The normalized spacial score (nSPS) is 17.4. The molecule has 2 fully saturated rings. The number of ether oxygens (including phenoxy) is 1. The van der Waals surface area contributed by atoms with E-state index in [1.165, 1.54) is 0 Å². The van der Waals surface area contributed by atoms with Gasteiger partial charge >= 0.3 is 0 Å². The third-order valence-electron chi connectivity index (χ3n) is 10.5. The number of nitrogens with zero attached hydrogens (tertiary/aromatic N) is 7. The van der Waals surface area contributed by atoms with Gasteiger partial charge in [-0.2, -0.15) is 4.98 Å². The lowest BCUT2D eigenvalue weighted by Crippen LogP contribution is -2.54. The third-order valence-corrected chi connectivity index (χ3v) is 12.6. The highest BCUT2D eigenvalue weighted by Gasteiger charge is 2.44. The van der Waals surface area contributed by atoms with E-state index in [9.17, 15) is 23.7 Å². The highest BCUT2D eigenvalue weighted by atomic mass is 79.9. The summed E-state index contributed by atoms with van der Waals surface area (Å²) >= 11 is 3.56. The molecule has 3 aliphatic rings. The van der Waals surface area contributed by atoms with E-state index in [4.69, 9.17) is 9.72 Å². The molecule has 0 radical (unpaired) electrons. The summed E-state index contributed by atoms with van der Waals surface area (Å²) in [6.07, 6.45) is 5.02. The number of imide groups is 2. The summed E-state index contributed by atoms with van der Waals surface area (Å²) in [5.41, 5.74) is 6.02. The van der Waals surface area contributed by atoms with Gasteiger partial charge in [-0.1, -0.05) is 6.07 Å². The molecule has 2 saturated heterocycles. The summed E-state index contributed by atoms with van der Waals surface area (Å²) in [4.78, 5) is 74.3. The zero-order chi connectivity index (χ0) is 40.9. The minimum Gasteiger partial charge on any atom is -0.494 e. The number of carbonyl (C=O) groups excluding carboxylic acids is 4. The number of carbonyl (C=O) groups is 4. The lowest BCUT2D eigenvalue weighted by Gasteiger charge is -2.37. The average Bonchev–Trinajstić information content (AvgIpc) is 3.43. The van der Waals surface area contributed by atoms with Crippen molar-refractivity contribution in [2.45, 2.75) is 32.4 Å². The number of hydrogen-bond acceptors (Lipinski definition) is 14. The molecule has 298 valence electrons. The first-order valence-electron chi connectivity index (χ1n) is 18.7. The van der Waals surface area contributed by atoms with Crippen molar-refractivity contribution in [2.75, 3.05) is 62.2 Å². The van der Waals surface area contributed by atoms with Crippen LogP contribution >= 0.6 is 23.1 Å². The second-order valence-electron chi connectivity index (χ2n) is 14.8. The van der Waals surface area contributed by atoms with E-state index < -0.39 is 36.8 Å². The largest absolute Gasteiger partial charge is 0.494 e. The predicted octanol–water partition coefficient (Wildman–Crippen LogP) is 4.96. The minimum atomic E-state index is -2.79. The number of nitrogens with one attached hydrogen (secondary N) is 3. The molecule has 58 heavy (non-hydrogen) atoms. The summed E-state index contributed by atoms with van der Waals surface area (Å²) in [7, 11) is -1.18. The van der Waals surface area contributed by atoms with Crippen LogP contribution < -0.4 is 30.9 Å². The summed E-state index contributed by atoms with van der Waals surface area (Å²) in [6, 6.07) is 11.9. The van der Waals surface area contributed by atoms with Gasteiger partial charge in [0.15, 0.2) is 0 Å². The number of piperidine rings is 1. The Bertz CT molecular complexity index is 2580. The van der Waals surface area contributed by atoms with Crippen molar-refractivity contribution in [1.29, 1.82) is 0 Å². The van der Waals surface area contributed by atoms with Gasteiger partial charge in [0, 0.05) is 69.5 Å². The van der Waals surface area contributed by atoms with Crippen LogP contribution in [-0.2, 0) is 20.7 Å². The van der Waals surface area contributed by atoms with Crippen molar-refractivity contribution in [3.8, 4) is 5.75 Å². The number of piperazine rings is 1. The van der Waals surface area contributed by atoms with Crippen molar-refractivity contribution in [1.82, 2.24) is 35.1 Å². The molecule has 0 spiro atoms. The quantitative estimate of drug-likeness (QED) is 0.126. The van der Waals surface area contributed by atoms with E-state index in [0.29, 0.717) is 56.2 Å². The van der Waals surface area contributed by atoms with Gasteiger partial charge < -0.3 is 24.8 Å². The predicted molar refractivity (Wildman–Crippen MR) is 223 cm³/mol. The molecular weight excluding hydrogens is 827 g/mol. The second kappa shape index (κ2) is 15.5. The van der Waals surface area contributed by atoms with Gasteiger partial charge in [-0.3, -0.25) is 44.3 Å². The van der Waals surface area contributed by atoms with Crippen molar-refractivity contribution in [3.05, 3.63) is 87.8 Å². The van der Waals surface area contributed by atoms with Crippen LogP contribution in [0.5, 0.6) is 5.75 Å². The fourth-order valence-corrected chi connectivity index (χ4v) is 9.42. The van der Waals surface area contributed by atoms with Gasteiger partial charge in [-0.15, -0.1) is 0 Å². The maximum absolute atomic E-state index is 13.5. The number of fused-ring (bicyclic) bond motifs is 2. The Morgan fingerprint density at radius 3 is 2.41 bits per heavy atom. The number of aromatic nitrogens is 4. The van der Waals surface area contributed by atoms with Crippen LogP contribution in [0.1, 0.15) is 44.7 Å². The number of amides is 4. The molecule has 16 nitrogen and oxygen atoms in total. The number of rotatable bonds is 10. The van der Waals surface area contributed by atoms with Crippen LogP contribution in [0, 0.1) is 6.92 Å². The second-order valence-corrected chi connectivity index (χ2v) is 18.8. The number of anilines is 5. The van der Waals surface area contributed by atoms with Crippen molar-refractivity contribution < 1.29 is 28.5 Å². The smallest absolute Gasteiger partial charge is 0.262 e. The van der Waals surface area contributed by atoms with E-state index in [1.54, 1.807) is 51.2 Å². The number of benzene rings is 3. The van der Waals surface area contributed by atoms with E-state index in [1.807, 2.05) is 37.3 Å². The molecule has 3 aromatic carbocycles. The lowest BCUT2D eigenvalue weighted by atomic mass is 10.0. The molecule has 18 heteroatoms. The summed E-state index contributed by atoms with van der Waals surface area (Å²) in [5.74, 6) is -0.652.